The Morgan fingerprint density at radius 1 is 1.07 bits per heavy atom. The number of amides is 2. The number of nitrogens with zero attached hydrogens (tertiary/aromatic N) is 5. The molecule has 2 heterocycles. The fourth-order valence-corrected chi connectivity index (χ4v) is 5.73. The van der Waals surface area contributed by atoms with E-state index in [1.54, 1.807) is 25.8 Å². The van der Waals surface area contributed by atoms with Crippen molar-refractivity contribution >= 4 is 45.2 Å². The maximum Gasteiger partial charge on any atom is 0.253 e. The van der Waals surface area contributed by atoms with Crippen LogP contribution in [0.2, 0.25) is 0 Å². The van der Waals surface area contributed by atoms with Crippen LogP contribution in [-0.2, 0) is 18.4 Å². The Balaban J connectivity index is 1.32. The molecular formula is C30H28BrFN6O4S. The van der Waals surface area contributed by atoms with E-state index in [2.05, 4.69) is 31.4 Å². The Morgan fingerprint density at radius 3 is 2.56 bits per heavy atom. The zero-order chi connectivity index (χ0) is 30.5. The second-order valence-electron chi connectivity index (χ2n) is 9.53. The van der Waals surface area contributed by atoms with E-state index in [9.17, 15) is 14.0 Å². The van der Waals surface area contributed by atoms with Gasteiger partial charge in [-0.3, -0.25) is 9.59 Å². The van der Waals surface area contributed by atoms with Crippen molar-refractivity contribution in [1.29, 1.82) is 0 Å². The number of ether oxygens (including phenoxy) is 2. The van der Waals surface area contributed by atoms with Crippen molar-refractivity contribution < 1.29 is 23.5 Å². The van der Waals surface area contributed by atoms with E-state index >= 15 is 0 Å². The number of methoxy groups -OCH3 is 2. The summed E-state index contributed by atoms with van der Waals surface area (Å²) in [5.74, 6) is 0.487. The van der Waals surface area contributed by atoms with Gasteiger partial charge in [0.25, 0.3) is 11.8 Å². The second-order valence-corrected chi connectivity index (χ2v) is 11.4. The number of carbonyl (C=O) groups excluding carboxylic acids is 2. The maximum atomic E-state index is 13.7. The molecule has 0 fully saturated rings. The lowest BCUT2D eigenvalue weighted by atomic mass is 9.97. The maximum absolute atomic E-state index is 13.7. The van der Waals surface area contributed by atoms with Crippen LogP contribution in [0.5, 0.6) is 11.5 Å². The Morgan fingerprint density at radius 2 is 1.84 bits per heavy atom. The highest BCUT2D eigenvalue weighted by Crippen LogP contribution is 2.42. The molecule has 1 N–H and O–H groups in total. The van der Waals surface area contributed by atoms with Crippen LogP contribution < -0.4 is 14.8 Å². The van der Waals surface area contributed by atoms with Crippen LogP contribution in [0.4, 0.5) is 4.39 Å². The third-order valence-corrected chi connectivity index (χ3v) is 8.41. The van der Waals surface area contributed by atoms with Gasteiger partial charge in [0.15, 0.2) is 22.5 Å². The number of thioether (sulfide) groups is 1. The van der Waals surface area contributed by atoms with Gasteiger partial charge in [0.05, 0.1) is 38.3 Å². The summed E-state index contributed by atoms with van der Waals surface area (Å²) in [5, 5.41) is 17.8. The third-order valence-electron chi connectivity index (χ3n) is 6.88. The molecule has 1 aromatic heterocycles. The summed E-state index contributed by atoms with van der Waals surface area (Å²) in [6.45, 7) is 0.0814. The number of hydrazone groups is 1. The Labute approximate surface area is 260 Å². The number of hydrogen-bond acceptors (Lipinski definition) is 8. The molecule has 0 saturated carbocycles. The van der Waals surface area contributed by atoms with Crippen LogP contribution in [0.1, 0.15) is 39.8 Å². The van der Waals surface area contributed by atoms with Crippen LogP contribution >= 0.6 is 27.7 Å². The van der Waals surface area contributed by atoms with Crippen LogP contribution in [0.15, 0.2) is 81.5 Å². The van der Waals surface area contributed by atoms with E-state index in [1.165, 1.54) is 35.0 Å². The number of rotatable bonds is 10. The summed E-state index contributed by atoms with van der Waals surface area (Å²) < 4.78 is 27.3. The topological polar surface area (TPSA) is 111 Å². The normalized spacial score (nSPS) is 14.4. The lowest BCUT2D eigenvalue weighted by Gasteiger charge is -2.24. The first kappa shape index (κ1) is 30.2. The van der Waals surface area contributed by atoms with Gasteiger partial charge in [-0.05, 0) is 42.0 Å². The van der Waals surface area contributed by atoms with E-state index in [-0.39, 0.29) is 23.8 Å². The Kier molecular flexibility index (Phi) is 9.41. The number of nitrogens with one attached hydrogen (secondary N) is 1. The molecule has 2 amide bonds. The van der Waals surface area contributed by atoms with Crippen molar-refractivity contribution in [2.24, 2.45) is 12.1 Å². The van der Waals surface area contributed by atoms with Crippen LogP contribution in [0.3, 0.4) is 0 Å². The summed E-state index contributed by atoms with van der Waals surface area (Å²) in [7, 11) is 4.89. The average Bonchev–Trinajstić information content (AvgIpc) is 3.62. The molecule has 5 rings (SSSR count). The number of benzene rings is 3. The van der Waals surface area contributed by atoms with Crippen molar-refractivity contribution in [3.63, 3.8) is 0 Å². The molecule has 4 aromatic rings. The molecule has 43 heavy (non-hydrogen) atoms. The van der Waals surface area contributed by atoms with Gasteiger partial charge in [-0.15, -0.1) is 10.2 Å². The quantitative estimate of drug-likeness (QED) is 0.234. The molecule has 0 spiro atoms. The largest absolute Gasteiger partial charge is 0.493 e. The van der Waals surface area contributed by atoms with Gasteiger partial charge in [0, 0.05) is 29.1 Å². The minimum absolute atomic E-state index is 0.0432. The first-order valence-corrected chi connectivity index (χ1v) is 15.0. The van der Waals surface area contributed by atoms with Gasteiger partial charge in [-0.2, -0.15) is 5.10 Å². The number of aromatic nitrogens is 3. The minimum atomic E-state index is -0.493. The zero-order valence-electron chi connectivity index (χ0n) is 23.6. The Bertz CT molecular complexity index is 1680. The van der Waals surface area contributed by atoms with E-state index in [1.807, 2.05) is 42.5 Å². The van der Waals surface area contributed by atoms with Gasteiger partial charge in [0.1, 0.15) is 5.82 Å². The van der Waals surface area contributed by atoms with Crippen molar-refractivity contribution in [2.45, 2.75) is 24.2 Å². The molecule has 10 nitrogen and oxygen atoms in total. The molecule has 0 aliphatic carbocycles. The molecule has 1 unspecified atom stereocenters. The van der Waals surface area contributed by atoms with Crippen LogP contribution in [0.25, 0.3) is 0 Å². The molecule has 222 valence electrons. The molecule has 0 radical (unpaired) electrons. The lowest BCUT2D eigenvalue weighted by molar-refractivity contribution is -0.130. The summed E-state index contributed by atoms with van der Waals surface area (Å²) >= 11 is 4.68. The highest BCUT2D eigenvalue weighted by molar-refractivity contribution is 9.10. The predicted molar refractivity (Wildman–Crippen MR) is 164 cm³/mol. The van der Waals surface area contributed by atoms with Crippen LogP contribution in [0, 0.1) is 5.82 Å². The second kappa shape index (κ2) is 13.4. The van der Waals surface area contributed by atoms with Crippen molar-refractivity contribution in [2.75, 3.05) is 20.0 Å². The number of carbonyl (C=O) groups is 2. The minimum Gasteiger partial charge on any atom is -0.493 e. The predicted octanol–water partition coefficient (Wildman–Crippen LogP) is 5.13. The molecule has 1 atom stereocenters. The molecule has 1 aliphatic rings. The van der Waals surface area contributed by atoms with Gasteiger partial charge in [0.2, 0.25) is 0 Å². The zero-order valence-corrected chi connectivity index (χ0v) is 26.0. The summed E-state index contributed by atoms with van der Waals surface area (Å²) in [6, 6.07) is 18.4. The summed E-state index contributed by atoms with van der Waals surface area (Å²) in [5.41, 5.74) is 2.68. The fraction of sp³-hybridized carbons (Fsp3) is 0.233. The van der Waals surface area contributed by atoms with Crippen molar-refractivity contribution in [3.05, 3.63) is 99.5 Å². The fourth-order valence-electron chi connectivity index (χ4n) is 4.68. The van der Waals surface area contributed by atoms with E-state index in [0.717, 1.165) is 27.4 Å². The Hall–Kier alpha value is -4.23. The van der Waals surface area contributed by atoms with E-state index in [0.29, 0.717) is 28.9 Å². The first-order valence-electron chi connectivity index (χ1n) is 13.2. The third kappa shape index (κ3) is 6.73. The van der Waals surface area contributed by atoms with Crippen molar-refractivity contribution in [3.8, 4) is 11.5 Å². The lowest BCUT2D eigenvalue weighted by Crippen LogP contribution is -2.29. The highest BCUT2D eigenvalue weighted by Gasteiger charge is 2.35. The van der Waals surface area contributed by atoms with Gasteiger partial charge in [-0.25, -0.2) is 9.40 Å². The monoisotopic (exact) mass is 666 g/mol. The highest BCUT2D eigenvalue weighted by atomic mass is 79.9. The molecule has 0 bridgehead atoms. The standard InChI is InChI=1S/C30H28BrFN6O4S/c1-37-26(16-33-29(40)19-6-4-7-21(32)14-19)34-35-30(37)43-17-27(39)38-24(22-8-5-9-25(41-2)28(22)42-3)15-23(36-38)18-10-12-20(31)13-11-18/h4-14,24H,15-17H2,1-3H3,(H,33,40). The molecular weight excluding hydrogens is 639 g/mol. The van der Waals surface area contributed by atoms with Crippen LogP contribution in [-0.4, -0.2) is 57.3 Å². The number of para-hydroxylation sites is 1. The number of hydrogen-bond donors (Lipinski definition) is 1. The van der Waals surface area contributed by atoms with Gasteiger partial charge in [-0.1, -0.05) is 58.0 Å². The van der Waals surface area contributed by atoms with E-state index < -0.39 is 17.8 Å². The summed E-state index contributed by atoms with van der Waals surface area (Å²) in [4.78, 5) is 26.1. The molecule has 1 aliphatic heterocycles. The first-order chi connectivity index (χ1) is 20.8. The van der Waals surface area contributed by atoms with E-state index in [4.69, 9.17) is 14.6 Å². The molecule has 13 heteroatoms. The molecule has 0 saturated heterocycles. The molecule has 3 aromatic carbocycles. The average molecular weight is 668 g/mol. The van der Waals surface area contributed by atoms with Gasteiger partial charge >= 0.3 is 0 Å². The smallest absolute Gasteiger partial charge is 0.253 e. The SMILES string of the molecule is COc1cccc(C2CC(c3ccc(Br)cc3)=NN2C(=O)CSc2nnc(CNC(=O)c3cccc(F)c3)n2C)c1OC. The number of halogens is 2. The van der Waals surface area contributed by atoms with Gasteiger partial charge < -0.3 is 19.4 Å². The van der Waals surface area contributed by atoms with Crippen molar-refractivity contribution in [1.82, 2.24) is 25.1 Å². The summed E-state index contributed by atoms with van der Waals surface area (Å²) in [6.07, 6.45) is 0.487.